The van der Waals surface area contributed by atoms with E-state index in [0.717, 1.165) is 38.5 Å². The standard InChI is InChI=1S/C18H37NO13/c1-2-3-4-5-6-7-8-9-10-11-13(21,22)15(25,26)17(29,30)18(31,32)16(27,28)14(23,24)12(19)20/h21-32H,2-11H2,1H3,(H2,19,20). The van der Waals surface area contributed by atoms with Crippen molar-refractivity contribution in [2.24, 2.45) is 5.73 Å². The highest BCUT2D eigenvalue weighted by molar-refractivity contribution is 5.82. The molecule has 192 valence electrons. The van der Waals surface area contributed by atoms with Gasteiger partial charge in [-0.15, -0.1) is 0 Å². The van der Waals surface area contributed by atoms with Crippen molar-refractivity contribution in [2.45, 2.75) is 106 Å². The van der Waals surface area contributed by atoms with Gasteiger partial charge in [-0.3, -0.25) is 4.79 Å². The Morgan fingerprint density at radius 3 is 1.28 bits per heavy atom. The lowest BCUT2D eigenvalue weighted by molar-refractivity contribution is -0.556. The maximum absolute atomic E-state index is 11.0. The van der Waals surface area contributed by atoms with Gasteiger partial charge >= 0.3 is 5.79 Å². The normalized spacial score (nSPS) is 14.7. The van der Waals surface area contributed by atoms with Crippen LogP contribution in [0.25, 0.3) is 0 Å². The Balaban J connectivity index is 5.31. The van der Waals surface area contributed by atoms with Crippen LogP contribution in [0.5, 0.6) is 0 Å². The van der Waals surface area contributed by atoms with Gasteiger partial charge in [0.1, 0.15) is 0 Å². The number of primary amides is 1. The summed E-state index contributed by atoms with van der Waals surface area (Å²) in [5.74, 6) is -31.2. The van der Waals surface area contributed by atoms with E-state index in [-0.39, 0.29) is 6.42 Å². The molecule has 0 fully saturated rings. The van der Waals surface area contributed by atoms with Crippen molar-refractivity contribution in [3.63, 3.8) is 0 Å². The first-order valence-electron chi connectivity index (χ1n) is 10.2. The highest BCUT2D eigenvalue weighted by Crippen LogP contribution is 2.43. The maximum Gasteiger partial charge on any atom is 0.306 e. The fourth-order valence-electron chi connectivity index (χ4n) is 3.04. The first kappa shape index (κ1) is 31.0. The van der Waals surface area contributed by atoms with Crippen LogP contribution in [0.1, 0.15) is 71.1 Å². The number of carbonyl (C=O) groups is 1. The first-order valence-corrected chi connectivity index (χ1v) is 10.2. The molecule has 14 nitrogen and oxygen atoms in total. The predicted octanol–water partition coefficient (Wildman–Crippen LogP) is -4.52. The van der Waals surface area contributed by atoms with Gasteiger partial charge < -0.3 is 67.0 Å². The van der Waals surface area contributed by atoms with Crippen LogP contribution < -0.4 is 5.73 Å². The van der Waals surface area contributed by atoms with Crippen molar-refractivity contribution in [3.05, 3.63) is 0 Å². The Morgan fingerprint density at radius 2 is 0.906 bits per heavy atom. The molecule has 0 radical (unpaired) electrons. The number of hydrogen-bond acceptors (Lipinski definition) is 13. The second-order valence-electron chi connectivity index (χ2n) is 8.12. The predicted molar refractivity (Wildman–Crippen MR) is 104 cm³/mol. The van der Waals surface area contributed by atoms with Crippen LogP contribution in [0.4, 0.5) is 0 Å². The number of hydrogen-bond donors (Lipinski definition) is 13. The minimum Gasteiger partial charge on any atom is -0.365 e. The Morgan fingerprint density at radius 1 is 0.562 bits per heavy atom. The van der Waals surface area contributed by atoms with E-state index in [2.05, 4.69) is 12.7 Å². The van der Waals surface area contributed by atoms with Crippen LogP contribution >= 0.6 is 0 Å². The molecule has 0 atom stereocenters. The molecule has 0 heterocycles. The van der Waals surface area contributed by atoms with E-state index in [1.54, 1.807) is 0 Å². The van der Waals surface area contributed by atoms with E-state index >= 15 is 0 Å². The number of unbranched alkanes of at least 4 members (excludes halogenated alkanes) is 8. The molecule has 0 aliphatic carbocycles. The van der Waals surface area contributed by atoms with E-state index < -0.39 is 47.1 Å². The SMILES string of the molecule is CCCCCCCCCCCC(O)(O)C(O)(O)C(O)(O)C(O)(O)C(O)(O)C(O)(O)C(N)=O. The van der Waals surface area contributed by atoms with E-state index in [9.17, 15) is 66.1 Å². The molecule has 0 bridgehead atoms. The van der Waals surface area contributed by atoms with Gasteiger partial charge in [-0.1, -0.05) is 58.3 Å². The molecule has 0 unspecified atom stereocenters. The lowest BCUT2D eigenvalue weighted by Gasteiger charge is -2.51. The van der Waals surface area contributed by atoms with Crippen LogP contribution in [0, 0.1) is 0 Å². The molecule has 0 aromatic heterocycles. The zero-order chi connectivity index (χ0) is 25.6. The number of carbonyl (C=O) groups excluding carboxylic acids is 1. The first-order chi connectivity index (χ1) is 14.3. The Labute approximate surface area is 184 Å². The molecule has 32 heavy (non-hydrogen) atoms. The Bertz CT molecular complexity index is 602. The fraction of sp³-hybridized carbons (Fsp3) is 0.944. The number of nitrogens with two attached hydrogens (primary N) is 1. The van der Waals surface area contributed by atoms with Crippen LogP contribution in [-0.4, -0.2) is 102 Å². The zero-order valence-electron chi connectivity index (χ0n) is 17.9. The largest absolute Gasteiger partial charge is 0.365 e. The summed E-state index contributed by atoms with van der Waals surface area (Å²) in [6.45, 7) is 2.08. The molecule has 0 aliphatic heterocycles. The molecule has 0 spiro atoms. The maximum atomic E-state index is 11.0. The van der Waals surface area contributed by atoms with Crippen molar-refractivity contribution in [1.82, 2.24) is 0 Å². The monoisotopic (exact) mass is 475 g/mol. The van der Waals surface area contributed by atoms with Gasteiger partial charge in [0.25, 0.3) is 29.1 Å². The Kier molecular flexibility index (Phi) is 10.6. The summed E-state index contributed by atoms with van der Waals surface area (Å²) in [5, 5.41) is 117. The van der Waals surface area contributed by atoms with Crippen molar-refractivity contribution >= 4 is 5.91 Å². The number of amides is 1. The fourth-order valence-corrected chi connectivity index (χ4v) is 3.04. The summed E-state index contributed by atoms with van der Waals surface area (Å²) in [7, 11) is 0. The van der Waals surface area contributed by atoms with Crippen LogP contribution in [0.2, 0.25) is 0 Å². The zero-order valence-corrected chi connectivity index (χ0v) is 17.9. The third-order valence-electron chi connectivity index (χ3n) is 5.48. The molecular formula is C18H37NO13. The molecule has 0 saturated carbocycles. The quantitative estimate of drug-likeness (QED) is 0.0740. The molecular weight excluding hydrogens is 438 g/mol. The van der Waals surface area contributed by atoms with Crippen molar-refractivity contribution in [2.75, 3.05) is 0 Å². The number of aliphatic hydroxyl groups is 12. The minimum atomic E-state index is -5.21. The van der Waals surface area contributed by atoms with Gasteiger partial charge in [0.15, 0.2) is 0 Å². The van der Waals surface area contributed by atoms with Crippen LogP contribution in [0.3, 0.4) is 0 Å². The second kappa shape index (κ2) is 10.9. The number of rotatable bonds is 16. The van der Waals surface area contributed by atoms with E-state index in [4.69, 9.17) is 0 Å². The van der Waals surface area contributed by atoms with Crippen LogP contribution in [-0.2, 0) is 4.79 Å². The Hall–Kier alpha value is -1.01. The van der Waals surface area contributed by atoms with Crippen molar-refractivity contribution in [1.29, 1.82) is 0 Å². The summed E-state index contributed by atoms with van der Waals surface area (Å²) in [4.78, 5) is 11.0. The topological polar surface area (TPSA) is 286 Å². The highest BCUT2D eigenvalue weighted by atomic mass is 16.7. The lowest BCUT2D eigenvalue weighted by atomic mass is 9.80. The molecule has 0 aliphatic rings. The lowest BCUT2D eigenvalue weighted by Crippen LogP contribution is -2.85. The molecule has 1 amide bonds. The average molecular weight is 475 g/mol. The van der Waals surface area contributed by atoms with Gasteiger partial charge in [-0.2, -0.15) is 0 Å². The molecule has 14 N–H and O–H groups in total. The highest BCUT2D eigenvalue weighted by Gasteiger charge is 2.80. The summed E-state index contributed by atoms with van der Waals surface area (Å²) < 4.78 is 0. The van der Waals surface area contributed by atoms with E-state index in [1.807, 2.05) is 0 Å². The summed E-state index contributed by atoms with van der Waals surface area (Å²) in [6, 6.07) is 0. The van der Waals surface area contributed by atoms with E-state index in [0.29, 0.717) is 12.8 Å². The van der Waals surface area contributed by atoms with E-state index in [1.165, 1.54) is 0 Å². The second-order valence-corrected chi connectivity index (χ2v) is 8.12. The molecule has 0 saturated heterocycles. The summed E-state index contributed by atoms with van der Waals surface area (Å²) >= 11 is 0. The van der Waals surface area contributed by atoms with Gasteiger partial charge in [-0.25, -0.2) is 0 Å². The van der Waals surface area contributed by atoms with Gasteiger partial charge in [0, 0.05) is 6.42 Å². The third kappa shape index (κ3) is 5.91. The smallest absolute Gasteiger partial charge is 0.306 e. The van der Waals surface area contributed by atoms with Crippen molar-refractivity contribution < 1.29 is 66.1 Å². The van der Waals surface area contributed by atoms with Gasteiger partial charge in [0.2, 0.25) is 5.79 Å². The molecule has 14 heteroatoms. The average Bonchev–Trinajstić information content (AvgIpc) is 2.65. The van der Waals surface area contributed by atoms with Crippen LogP contribution in [0.15, 0.2) is 0 Å². The van der Waals surface area contributed by atoms with Crippen molar-refractivity contribution in [3.8, 4) is 0 Å². The van der Waals surface area contributed by atoms with Gasteiger partial charge in [0.05, 0.1) is 0 Å². The summed E-state index contributed by atoms with van der Waals surface area (Å²) in [6.07, 6.45) is 5.90. The molecule has 0 aromatic rings. The molecule has 0 aromatic carbocycles. The van der Waals surface area contributed by atoms with Gasteiger partial charge in [-0.05, 0) is 6.42 Å². The molecule has 0 rings (SSSR count). The third-order valence-corrected chi connectivity index (χ3v) is 5.48. The minimum absolute atomic E-state index is 0.126. The summed E-state index contributed by atoms with van der Waals surface area (Å²) in [5.41, 5.74) is 4.46.